The number of hydrogen-bond donors (Lipinski definition) is 2. The molecular formula is C12H24N2O. The van der Waals surface area contributed by atoms with E-state index < -0.39 is 0 Å². The molecule has 0 radical (unpaired) electrons. The maximum absolute atomic E-state index is 11.9. The van der Waals surface area contributed by atoms with Gasteiger partial charge < -0.3 is 10.6 Å². The Morgan fingerprint density at radius 2 is 2.07 bits per heavy atom. The van der Waals surface area contributed by atoms with Crippen LogP contribution in [0.1, 0.15) is 40.5 Å². The average molecular weight is 212 g/mol. The molecule has 1 saturated heterocycles. The lowest BCUT2D eigenvalue weighted by atomic mass is 9.92. The van der Waals surface area contributed by atoms with Crippen LogP contribution in [0, 0.1) is 11.8 Å². The first-order chi connectivity index (χ1) is 7.00. The zero-order valence-corrected chi connectivity index (χ0v) is 10.3. The smallest absolute Gasteiger partial charge is 0.223 e. The quantitative estimate of drug-likeness (QED) is 0.745. The van der Waals surface area contributed by atoms with Crippen LogP contribution >= 0.6 is 0 Å². The van der Waals surface area contributed by atoms with E-state index in [1.165, 1.54) is 0 Å². The Bertz CT molecular complexity index is 216. The van der Waals surface area contributed by atoms with E-state index in [1.54, 1.807) is 0 Å². The fourth-order valence-electron chi connectivity index (χ4n) is 1.88. The largest absolute Gasteiger partial charge is 0.353 e. The third-order valence-electron chi connectivity index (χ3n) is 3.36. The summed E-state index contributed by atoms with van der Waals surface area (Å²) in [5, 5.41) is 6.47. The summed E-state index contributed by atoms with van der Waals surface area (Å²) in [5.74, 6) is 0.958. The molecule has 1 aliphatic heterocycles. The molecule has 88 valence electrons. The van der Waals surface area contributed by atoms with Crippen molar-refractivity contribution in [2.45, 2.75) is 52.6 Å². The first kappa shape index (κ1) is 12.5. The van der Waals surface area contributed by atoms with Gasteiger partial charge in [0.1, 0.15) is 0 Å². The molecule has 0 bridgehead atoms. The van der Waals surface area contributed by atoms with E-state index in [-0.39, 0.29) is 17.9 Å². The SMILES string of the molecule is CC(C)C(C)NC(=O)[C@H]1CCN[C@@H](C)C1. The maximum atomic E-state index is 11.9. The van der Waals surface area contributed by atoms with E-state index in [1.807, 2.05) is 0 Å². The maximum Gasteiger partial charge on any atom is 0.223 e. The molecule has 3 atom stereocenters. The normalized spacial score (nSPS) is 28.9. The fourth-order valence-corrected chi connectivity index (χ4v) is 1.88. The van der Waals surface area contributed by atoms with Crippen LogP contribution in [0.3, 0.4) is 0 Å². The fraction of sp³-hybridized carbons (Fsp3) is 0.917. The summed E-state index contributed by atoms with van der Waals surface area (Å²) in [7, 11) is 0. The van der Waals surface area contributed by atoms with Gasteiger partial charge in [-0.05, 0) is 39.2 Å². The Hall–Kier alpha value is -0.570. The van der Waals surface area contributed by atoms with E-state index in [0.29, 0.717) is 12.0 Å². The van der Waals surface area contributed by atoms with Gasteiger partial charge in [0, 0.05) is 18.0 Å². The molecular weight excluding hydrogens is 188 g/mol. The van der Waals surface area contributed by atoms with E-state index in [9.17, 15) is 4.79 Å². The summed E-state index contributed by atoms with van der Waals surface area (Å²) in [6.45, 7) is 9.46. The molecule has 15 heavy (non-hydrogen) atoms. The Labute approximate surface area is 93.0 Å². The van der Waals surface area contributed by atoms with Crippen LogP contribution in [0.25, 0.3) is 0 Å². The standard InChI is InChI=1S/C12H24N2O/c1-8(2)10(4)14-12(15)11-5-6-13-9(3)7-11/h8-11,13H,5-7H2,1-4H3,(H,14,15)/t9-,10?,11-/m0/s1. The van der Waals surface area contributed by atoms with Crippen molar-refractivity contribution in [2.24, 2.45) is 11.8 Å². The van der Waals surface area contributed by atoms with Crippen molar-refractivity contribution in [3.05, 3.63) is 0 Å². The molecule has 3 nitrogen and oxygen atoms in total. The summed E-state index contributed by atoms with van der Waals surface area (Å²) in [5.41, 5.74) is 0. The second kappa shape index (κ2) is 5.50. The van der Waals surface area contributed by atoms with Gasteiger partial charge in [0.25, 0.3) is 0 Å². The summed E-state index contributed by atoms with van der Waals surface area (Å²) >= 11 is 0. The monoisotopic (exact) mass is 212 g/mol. The van der Waals surface area contributed by atoms with Crippen LogP contribution in [-0.4, -0.2) is 24.5 Å². The number of carbonyl (C=O) groups is 1. The van der Waals surface area contributed by atoms with Crippen molar-refractivity contribution in [3.8, 4) is 0 Å². The number of amides is 1. The average Bonchev–Trinajstić information content (AvgIpc) is 2.17. The third-order valence-corrected chi connectivity index (χ3v) is 3.36. The van der Waals surface area contributed by atoms with E-state index in [0.717, 1.165) is 19.4 Å². The molecule has 1 aliphatic rings. The van der Waals surface area contributed by atoms with E-state index in [2.05, 4.69) is 38.3 Å². The molecule has 2 N–H and O–H groups in total. The molecule has 0 aromatic heterocycles. The highest BCUT2D eigenvalue weighted by Gasteiger charge is 2.25. The zero-order valence-electron chi connectivity index (χ0n) is 10.3. The number of hydrogen-bond acceptors (Lipinski definition) is 2. The summed E-state index contributed by atoms with van der Waals surface area (Å²) in [6, 6.07) is 0.756. The zero-order chi connectivity index (χ0) is 11.4. The van der Waals surface area contributed by atoms with E-state index >= 15 is 0 Å². The van der Waals surface area contributed by atoms with Crippen molar-refractivity contribution in [1.29, 1.82) is 0 Å². The molecule has 0 aromatic rings. The molecule has 1 heterocycles. The van der Waals surface area contributed by atoms with Gasteiger partial charge >= 0.3 is 0 Å². The first-order valence-corrected chi connectivity index (χ1v) is 6.04. The molecule has 0 aliphatic carbocycles. The van der Waals surface area contributed by atoms with Gasteiger partial charge in [-0.1, -0.05) is 13.8 Å². The minimum Gasteiger partial charge on any atom is -0.353 e. The molecule has 1 unspecified atom stereocenters. The summed E-state index contributed by atoms with van der Waals surface area (Å²) in [6.07, 6.45) is 1.94. The second-order valence-corrected chi connectivity index (χ2v) is 5.12. The lowest BCUT2D eigenvalue weighted by molar-refractivity contribution is -0.127. The van der Waals surface area contributed by atoms with Gasteiger partial charge in [-0.3, -0.25) is 4.79 Å². The predicted molar refractivity (Wildman–Crippen MR) is 62.6 cm³/mol. The molecule has 1 fully saturated rings. The van der Waals surface area contributed by atoms with Gasteiger partial charge in [-0.15, -0.1) is 0 Å². The van der Waals surface area contributed by atoms with Gasteiger partial charge in [0.05, 0.1) is 0 Å². The van der Waals surface area contributed by atoms with Crippen LogP contribution < -0.4 is 10.6 Å². The van der Waals surface area contributed by atoms with Crippen molar-refractivity contribution < 1.29 is 4.79 Å². The number of rotatable bonds is 3. The summed E-state index contributed by atoms with van der Waals surface area (Å²) in [4.78, 5) is 11.9. The number of piperidine rings is 1. The van der Waals surface area contributed by atoms with Crippen LogP contribution in [0.2, 0.25) is 0 Å². The minimum atomic E-state index is 0.211. The Morgan fingerprint density at radius 3 is 2.60 bits per heavy atom. The highest BCUT2D eigenvalue weighted by molar-refractivity contribution is 5.79. The van der Waals surface area contributed by atoms with Crippen molar-refractivity contribution in [1.82, 2.24) is 10.6 Å². The summed E-state index contributed by atoms with van der Waals surface area (Å²) < 4.78 is 0. The Morgan fingerprint density at radius 1 is 1.40 bits per heavy atom. The molecule has 1 amide bonds. The highest BCUT2D eigenvalue weighted by Crippen LogP contribution is 2.16. The van der Waals surface area contributed by atoms with Crippen molar-refractivity contribution in [2.75, 3.05) is 6.54 Å². The highest BCUT2D eigenvalue weighted by atomic mass is 16.1. The van der Waals surface area contributed by atoms with Crippen molar-refractivity contribution in [3.63, 3.8) is 0 Å². The van der Waals surface area contributed by atoms with Gasteiger partial charge in [-0.2, -0.15) is 0 Å². The molecule has 0 aromatic carbocycles. The van der Waals surface area contributed by atoms with Crippen LogP contribution in [-0.2, 0) is 4.79 Å². The van der Waals surface area contributed by atoms with Crippen LogP contribution in [0.5, 0.6) is 0 Å². The predicted octanol–water partition coefficient (Wildman–Crippen LogP) is 1.54. The number of nitrogens with one attached hydrogen (secondary N) is 2. The van der Waals surface area contributed by atoms with Gasteiger partial charge in [0.15, 0.2) is 0 Å². The molecule has 3 heteroatoms. The Balaban J connectivity index is 2.39. The Kier molecular flexibility index (Phi) is 4.58. The van der Waals surface area contributed by atoms with Crippen LogP contribution in [0.15, 0.2) is 0 Å². The molecule has 0 spiro atoms. The lowest BCUT2D eigenvalue weighted by Crippen LogP contribution is -2.45. The molecule has 0 saturated carbocycles. The van der Waals surface area contributed by atoms with Crippen LogP contribution in [0.4, 0.5) is 0 Å². The van der Waals surface area contributed by atoms with E-state index in [4.69, 9.17) is 0 Å². The first-order valence-electron chi connectivity index (χ1n) is 6.04. The van der Waals surface area contributed by atoms with Crippen molar-refractivity contribution >= 4 is 5.91 Å². The third kappa shape index (κ3) is 3.82. The topological polar surface area (TPSA) is 41.1 Å². The molecule has 1 rings (SSSR count). The number of carbonyl (C=O) groups excluding carboxylic acids is 1. The second-order valence-electron chi connectivity index (χ2n) is 5.12. The minimum absolute atomic E-state index is 0.211. The lowest BCUT2D eigenvalue weighted by Gasteiger charge is -2.29. The van der Waals surface area contributed by atoms with Gasteiger partial charge in [0.2, 0.25) is 5.91 Å². The van der Waals surface area contributed by atoms with Gasteiger partial charge in [-0.25, -0.2) is 0 Å².